The van der Waals surface area contributed by atoms with Gasteiger partial charge in [-0.2, -0.15) is 0 Å². The maximum absolute atomic E-state index is 11.7. The topological polar surface area (TPSA) is 46.5 Å². The summed E-state index contributed by atoms with van der Waals surface area (Å²) in [5, 5.41) is 9.64. The zero-order valence-electron chi connectivity index (χ0n) is 13.3. The zero-order chi connectivity index (χ0) is 15.5. The first-order valence-corrected chi connectivity index (χ1v) is 7.94. The predicted octanol–water partition coefficient (Wildman–Crippen LogP) is 4.25. The van der Waals surface area contributed by atoms with E-state index in [9.17, 15) is 9.90 Å². The van der Waals surface area contributed by atoms with E-state index in [0.29, 0.717) is 18.4 Å². The molecule has 0 radical (unpaired) electrons. The second kappa shape index (κ2) is 6.50. The van der Waals surface area contributed by atoms with E-state index in [-0.39, 0.29) is 0 Å². The van der Waals surface area contributed by atoms with Crippen molar-refractivity contribution in [1.29, 1.82) is 0 Å². The summed E-state index contributed by atoms with van der Waals surface area (Å²) in [7, 11) is 0. The molecule has 1 aromatic carbocycles. The maximum atomic E-state index is 11.7. The first kappa shape index (κ1) is 15.9. The Hall–Kier alpha value is -1.51. The molecule has 0 spiro atoms. The number of hydrogen-bond donors (Lipinski definition) is 1. The summed E-state index contributed by atoms with van der Waals surface area (Å²) in [5.74, 6) is 1.17. The molecule has 0 saturated heterocycles. The van der Waals surface area contributed by atoms with E-state index >= 15 is 0 Å². The van der Waals surface area contributed by atoms with Crippen LogP contribution in [0, 0.1) is 11.8 Å². The molecule has 21 heavy (non-hydrogen) atoms. The largest absolute Gasteiger partial charge is 0.493 e. The number of carbonyl (C=O) groups is 1. The Kier molecular flexibility index (Phi) is 4.92. The van der Waals surface area contributed by atoms with Gasteiger partial charge in [0, 0.05) is 0 Å². The van der Waals surface area contributed by atoms with Gasteiger partial charge in [-0.05, 0) is 42.4 Å². The molecular formula is C18H26O3. The van der Waals surface area contributed by atoms with E-state index < -0.39 is 11.4 Å². The minimum absolute atomic E-state index is 0.483. The molecule has 0 heterocycles. The highest BCUT2D eigenvalue weighted by Gasteiger charge is 2.51. The van der Waals surface area contributed by atoms with Gasteiger partial charge in [0.15, 0.2) is 0 Å². The number of aliphatic carboxylic acids is 1. The molecule has 1 N–H and O–H groups in total. The van der Waals surface area contributed by atoms with Crippen molar-refractivity contribution in [2.24, 2.45) is 11.8 Å². The number of benzene rings is 1. The smallest absolute Gasteiger partial charge is 0.314 e. The Morgan fingerprint density at radius 1 is 1.33 bits per heavy atom. The summed E-state index contributed by atoms with van der Waals surface area (Å²) in [5.41, 5.74) is 0.246. The Morgan fingerprint density at radius 3 is 2.43 bits per heavy atom. The van der Waals surface area contributed by atoms with Gasteiger partial charge >= 0.3 is 5.97 Å². The molecule has 3 nitrogen and oxygen atoms in total. The molecule has 0 bridgehead atoms. The van der Waals surface area contributed by atoms with Gasteiger partial charge in [0.05, 0.1) is 12.0 Å². The van der Waals surface area contributed by atoms with Crippen molar-refractivity contribution in [3.8, 4) is 5.75 Å². The van der Waals surface area contributed by atoms with Gasteiger partial charge in [-0.15, -0.1) is 0 Å². The second-order valence-electron chi connectivity index (χ2n) is 6.68. The van der Waals surface area contributed by atoms with Gasteiger partial charge < -0.3 is 9.84 Å². The van der Waals surface area contributed by atoms with Crippen LogP contribution in [-0.4, -0.2) is 17.7 Å². The Bertz CT molecular complexity index is 470. The molecule has 1 aromatic rings. The Balaban J connectivity index is 2.07. The monoisotopic (exact) mass is 290 g/mol. The predicted molar refractivity (Wildman–Crippen MR) is 83.7 cm³/mol. The molecule has 116 valence electrons. The van der Waals surface area contributed by atoms with E-state index in [1.54, 1.807) is 0 Å². The van der Waals surface area contributed by atoms with Gasteiger partial charge in [-0.25, -0.2) is 0 Å². The Morgan fingerprint density at radius 2 is 1.95 bits per heavy atom. The van der Waals surface area contributed by atoms with Crippen LogP contribution in [0.3, 0.4) is 0 Å². The molecule has 1 aliphatic carbocycles. The fourth-order valence-corrected chi connectivity index (χ4v) is 3.21. The molecule has 0 unspecified atom stereocenters. The summed E-state index contributed by atoms with van der Waals surface area (Å²) in [6, 6.07) is 7.64. The fourth-order valence-electron chi connectivity index (χ4n) is 3.21. The van der Waals surface area contributed by atoms with Gasteiger partial charge in [-0.3, -0.25) is 4.79 Å². The third-order valence-corrected chi connectivity index (χ3v) is 4.37. The lowest BCUT2D eigenvalue weighted by Crippen LogP contribution is -2.47. The lowest BCUT2D eigenvalue weighted by atomic mass is 9.57. The fraction of sp³-hybridized carbons (Fsp3) is 0.611. The standard InChI is InChI=1S/C18H26O3/c1-4-5-14-10-18(11-14,17(19)20)15-6-8-16(9-7-15)21-12-13(2)3/h6-9,13-14H,4-5,10-12H2,1-3H3,(H,19,20). The van der Waals surface area contributed by atoms with Gasteiger partial charge in [0.25, 0.3) is 0 Å². The van der Waals surface area contributed by atoms with Crippen molar-refractivity contribution in [2.45, 2.75) is 51.9 Å². The van der Waals surface area contributed by atoms with Crippen LogP contribution in [0.2, 0.25) is 0 Å². The average Bonchev–Trinajstić information content (AvgIpc) is 2.40. The van der Waals surface area contributed by atoms with Crippen LogP contribution in [0.25, 0.3) is 0 Å². The van der Waals surface area contributed by atoms with Crippen LogP contribution >= 0.6 is 0 Å². The molecule has 1 aliphatic rings. The molecule has 2 rings (SSSR count). The summed E-state index contributed by atoms with van der Waals surface area (Å²) in [6.07, 6.45) is 3.79. The average molecular weight is 290 g/mol. The van der Waals surface area contributed by atoms with Crippen LogP contribution in [-0.2, 0) is 10.2 Å². The van der Waals surface area contributed by atoms with E-state index in [4.69, 9.17) is 4.74 Å². The first-order valence-electron chi connectivity index (χ1n) is 7.94. The van der Waals surface area contributed by atoms with Gasteiger partial charge in [0.2, 0.25) is 0 Å². The van der Waals surface area contributed by atoms with Crippen molar-refractivity contribution in [3.05, 3.63) is 29.8 Å². The van der Waals surface area contributed by atoms with E-state index in [2.05, 4.69) is 20.8 Å². The van der Waals surface area contributed by atoms with E-state index in [1.807, 2.05) is 24.3 Å². The minimum atomic E-state index is -0.689. The first-order chi connectivity index (χ1) is 9.98. The normalized spacial score (nSPS) is 24.7. The highest BCUT2D eigenvalue weighted by molar-refractivity contribution is 5.82. The number of carboxylic acids is 1. The summed E-state index contributed by atoms with van der Waals surface area (Å²) in [4.78, 5) is 11.7. The molecular weight excluding hydrogens is 264 g/mol. The molecule has 0 amide bonds. The molecule has 0 aromatic heterocycles. The van der Waals surface area contributed by atoms with Crippen LogP contribution in [0.1, 0.15) is 52.0 Å². The lowest BCUT2D eigenvalue weighted by molar-refractivity contribution is -0.150. The number of carboxylic acid groups (broad SMARTS) is 1. The minimum Gasteiger partial charge on any atom is -0.493 e. The highest BCUT2D eigenvalue weighted by atomic mass is 16.5. The van der Waals surface area contributed by atoms with Crippen LogP contribution in [0.5, 0.6) is 5.75 Å². The van der Waals surface area contributed by atoms with Crippen LogP contribution < -0.4 is 4.74 Å². The lowest BCUT2D eigenvalue weighted by Gasteiger charge is -2.45. The van der Waals surface area contributed by atoms with E-state index in [0.717, 1.165) is 37.0 Å². The van der Waals surface area contributed by atoms with Crippen molar-refractivity contribution in [3.63, 3.8) is 0 Å². The summed E-state index contributed by atoms with van der Waals surface area (Å²) >= 11 is 0. The van der Waals surface area contributed by atoms with Gasteiger partial charge in [0.1, 0.15) is 5.75 Å². The third-order valence-electron chi connectivity index (χ3n) is 4.37. The summed E-state index contributed by atoms with van der Waals surface area (Å²) in [6.45, 7) is 7.05. The quantitative estimate of drug-likeness (QED) is 0.816. The molecule has 1 saturated carbocycles. The van der Waals surface area contributed by atoms with Crippen LogP contribution in [0.15, 0.2) is 24.3 Å². The maximum Gasteiger partial charge on any atom is 0.314 e. The second-order valence-corrected chi connectivity index (χ2v) is 6.68. The number of hydrogen-bond acceptors (Lipinski definition) is 2. The molecule has 0 atom stereocenters. The summed E-state index contributed by atoms with van der Waals surface area (Å²) < 4.78 is 5.66. The van der Waals surface area contributed by atoms with Crippen molar-refractivity contribution >= 4 is 5.97 Å². The van der Waals surface area contributed by atoms with E-state index in [1.165, 1.54) is 0 Å². The molecule has 1 fully saturated rings. The SMILES string of the molecule is CCCC1CC(C(=O)O)(c2ccc(OCC(C)C)cc2)C1. The Labute approximate surface area is 127 Å². The molecule has 0 aliphatic heterocycles. The zero-order valence-corrected chi connectivity index (χ0v) is 13.3. The van der Waals surface area contributed by atoms with Crippen molar-refractivity contribution in [2.75, 3.05) is 6.61 Å². The van der Waals surface area contributed by atoms with Gasteiger partial charge in [-0.1, -0.05) is 45.7 Å². The van der Waals surface area contributed by atoms with Crippen molar-refractivity contribution in [1.82, 2.24) is 0 Å². The number of ether oxygens (including phenoxy) is 1. The molecule has 3 heteroatoms. The number of rotatable bonds is 7. The highest BCUT2D eigenvalue weighted by Crippen LogP contribution is 2.50. The third kappa shape index (κ3) is 3.39. The van der Waals surface area contributed by atoms with Crippen molar-refractivity contribution < 1.29 is 14.6 Å². The van der Waals surface area contributed by atoms with Crippen LogP contribution in [0.4, 0.5) is 0 Å².